The highest BCUT2D eigenvalue weighted by Gasteiger charge is 2.42. The Morgan fingerprint density at radius 3 is 2.15 bits per heavy atom. The van der Waals surface area contributed by atoms with E-state index in [0.29, 0.717) is 13.1 Å². The first-order valence-corrected chi connectivity index (χ1v) is 7.27. The van der Waals surface area contributed by atoms with Crippen LogP contribution in [0.3, 0.4) is 0 Å². The molecule has 0 aromatic rings. The highest BCUT2D eigenvalue weighted by atomic mass is 16.5. The van der Waals surface area contributed by atoms with Crippen molar-refractivity contribution in [1.82, 2.24) is 4.90 Å². The molecule has 1 aliphatic heterocycles. The molecular formula is C15H27NO4. The zero-order valence-electron chi connectivity index (χ0n) is 13.4. The predicted molar refractivity (Wildman–Crippen MR) is 76.2 cm³/mol. The van der Waals surface area contributed by atoms with Crippen LogP contribution >= 0.6 is 0 Å². The summed E-state index contributed by atoms with van der Waals surface area (Å²) in [7, 11) is 0. The third-order valence-electron chi connectivity index (χ3n) is 3.37. The molecule has 1 heterocycles. The van der Waals surface area contributed by atoms with Gasteiger partial charge in [-0.1, -0.05) is 20.8 Å². The maximum absolute atomic E-state index is 12.7. The first kappa shape index (κ1) is 17.0. The molecule has 0 saturated carbocycles. The van der Waals surface area contributed by atoms with Crippen LogP contribution in [0.25, 0.3) is 0 Å². The van der Waals surface area contributed by atoms with Gasteiger partial charge in [0.1, 0.15) is 5.92 Å². The quantitative estimate of drug-likeness (QED) is 0.586. The zero-order valence-corrected chi connectivity index (χ0v) is 13.4. The summed E-state index contributed by atoms with van der Waals surface area (Å²) in [5.74, 6) is -1.35. The highest BCUT2D eigenvalue weighted by molar-refractivity contribution is 5.98. The summed E-state index contributed by atoms with van der Waals surface area (Å²) >= 11 is 0. The van der Waals surface area contributed by atoms with Gasteiger partial charge < -0.3 is 14.4 Å². The maximum Gasteiger partial charge on any atom is 0.319 e. The molecule has 1 saturated heterocycles. The van der Waals surface area contributed by atoms with Crippen LogP contribution in [0.15, 0.2) is 0 Å². The number of carbonyl (C=O) groups is 2. The molecule has 1 amide bonds. The van der Waals surface area contributed by atoms with Gasteiger partial charge in [-0.2, -0.15) is 0 Å². The van der Waals surface area contributed by atoms with Crippen LogP contribution < -0.4 is 0 Å². The van der Waals surface area contributed by atoms with Crippen molar-refractivity contribution >= 4 is 11.9 Å². The standard InChI is InChI=1S/C15H27NO4/c1-7-19-14(18)12(15(4,5)6)13(17)16-8-10(2)20-11(3)9-16/h10-12H,7-9H2,1-6H3/t10-,11+,12?. The molecule has 1 unspecified atom stereocenters. The number of nitrogens with zero attached hydrogens (tertiary/aromatic N) is 1. The van der Waals surface area contributed by atoms with Crippen molar-refractivity contribution < 1.29 is 19.1 Å². The Bertz CT molecular complexity index is 351. The van der Waals surface area contributed by atoms with E-state index in [9.17, 15) is 9.59 Å². The second-order valence-corrected chi connectivity index (χ2v) is 6.55. The first-order chi connectivity index (χ1) is 9.16. The van der Waals surface area contributed by atoms with E-state index in [4.69, 9.17) is 9.47 Å². The van der Waals surface area contributed by atoms with Crippen molar-refractivity contribution in [3.05, 3.63) is 0 Å². The van der Waals surface area contributed by atoms with Crippen LogP contribution in [-0.4, -0.2) is 48.7 Å². The summed E-state index contributed by atoms with van der Waals surface area (Å²) in [4.78, 5) is 26.6. The minimum Gasteiger partial charge on any atom is -0.465 e. The molecule has 0 N–H and O–H groups in total. The van der Waals surface area contributed by atoms with Gasteiger partial charge in [-0.15, -0.1) is 0 Å². The number of esters is 1. The summed E-state index contributed by atoms with van der Waals surface area (Å²) in [6.45, 7) is 12.6. The molecule has 0 bridgehead atoms. The smallest absolute Gasteiger partial charge is 0.319 e. The molecular weight excluding hydrogens is 258 g/mol. The lowest BCUT2D eigenvalue weighted by Gasteiger charge is -2.39. The van der Waals surface area contributed by atoms with Crippen LogP contribution in [0.5, 0.6) is 0 Å². The molecule has 0 radical (unpaired) electrons. The largest absolute Gasteiger partial charge is 0.465 e. The van der Waals surface area contributed by atoms with Crippen molar-refractivity contribution in [3.8, 4) is 0 Å². The Kier molecular flexibility index (Phi) is 5.57. The van der Waals surface area contributed by atoms with Gasteiger partial charge in [0.15, 0.2) is 0 Å². The fourth-order valence-corrected chi connectivity index (χ4v) is 2.59. The molecule has 1 aliphatic rings. The van der Waals surface area contributed by atoms with E-state index in [-0.39, 0.29) is 24.7 Å². The van der Waals surface area contributed by atoms with Gasteiger partial charge in [0.2, 0.25) is 5.91 Å². The summed E-state index contributed by atoms with van der Waals surface area (Å²) in [6, 6.07) is 0. The number of rotatable bonds is 3. The Hall–Kier alpha value is -1.10. The van der Waals surface area contributed by atoms with Gasteiger partial charge in [-0.3, -0.25) is 9.59 Å². The van der Waals surface area contributed by atoms with Gasteiger partial charge >= 0.3 is 5.97 Å². The molecule has 5 nitrogen and oxygen atoms in total. The van der Waals surface area contributed by atoms with E-state index in [1.165, 1.54) is 0 Å². The molecule has 116 valence electrons. The Morgan fingerprint density at radius 1 is 1.25 bits per heavy atom. The molecule has 0 aliphatic carbocycles. The topological polar surface area (TPSA) is 55.8 Å². The Balaban J connectivity index is 2.90. The molecule has 20 heavy (non-hydrogen) atoms. The van der Waals surface area contributed by atoms with Crippen LogP contribution in [-0.2, 0) is 19.1 Å². The summed E-state index contributed by atoms with van der Waals surface area (Å²) < 4.78 is 10.7. The highest BCUT2D eigenvalue weighted by Crippen LogP contribution is 2.30. The van der Waals surface area contributed by atoms with Crippen LogP contribution in [0.1, 0.15) is 41.5 Å². The van der Waals surface area contributed by atoms with Gasteiger partial charge in [0, 0.05) is 13.1 Å². The van der Waals surface area contributed by atoms with Gasteiger partial charge in [-0.25, -0.2) is 0 Å². The Labute approximate surface area is 121 Å². The summed E-state index contributed by atoms with van der Waals surface area (Å²) in [5.41, 5.74) is -0.464. The number of hydrogen-bond donors (Lipinski definition) is 0. The van der Waals surface area contributed by atoms with E-state index in [1.54, 1.807) is 11.8 Å². The van der Waals surface area contributed by atoms with E-state index < -0.39 is 17.3 Å². The number of ether oxygens (including phenoxy) is 2. The third kappa shape index (κ3) is 4.20. The average Bonchev–Trinajstić information content (AvgIpc) is 2.25. The number of amides is 1. The maximum atomic E-state index is 12.7. The monoisotopic (exact) mass is 285 g/mol. The van der Waals surface area contributed by atoms with Crippen LogP contribution in [0, 0.1) is 11.3 Å². The average molecular weight is 285 g/mol. The minimum absolute atomic E-state index is 0.00878. The van der Waals surface area contributed by atoms with Crippen molar-refractivity contribution in [2.24, 2.45) is 11.3 Å². The van der Waals surface area contributed by atoms with Crippen molar-refractivity contribution in [1.29, 1.82) is 0 Å². The lowest BCUT2D eigenvalue weighted by molar-refractivity contribution is -0.165. The second kappa shape index (κ2) is 6.57. The molecule has 1 rings (SSSR count). The van der Waals surface area contributed by atoms with Crippen molar-refractivity contribution in [2.75, 3.05) is 19.7 Å². The summed E-state index contributed by atoms with van der Waals surface area (Å²) in [5, 5.41) is 0. The van der Waals surface area contributed by atoms with E-state index in [1.807, 2.05) is 34.6 Å². The Morgan fingerprint density at radius 2 is 1.75 bits per heavy atom. The van der Waals surface area contributed by atoms with E-state index >= 15 is 0 Å². The number of hydrogen-bond acceptors (Lipinski definition) is 4. The zero-order chi connectivity index (χ0) is 15.5. The lowest BCUT2D eigenvalue weighted by Crippen LogP contribution is -2.53. The molecule has 1 fully saturated rings. The fourth-order valence-electron chi connectivity index (χ4n) is 2.59. The van der Waals surface area contributed by atoms with Gasteiger partial charge in [-0.05, 0) is 26.2 Å². The van der Waals surface area contributed by atoms with Crippen molar-refractivity contribution in [2.45, 2.75) is 53.8 Å². The fraction of sp³-hybridized carbons (Fsp3) is 0.867. The number of morpholine rings is 1. The molecule has 0 aromatic carbocycles. The lowest BCUT2D eigenvalue weighted by atomic mass is 9.79. The van der Waals surface area contributed by atoms with E-state index in [0.717, 1.165) is 0 Å². The third-order valence-corrected chi connectivity index (χ3v) is 3.37. The van der Waals surface area contributed by atoms with Gasteiger partial charge in [0.25, 0.3) is 0 Å². The molecule has 3 atom stereocenters. The minimum atomic E-state index is -0.764. The van der Waals surface area contributed by atoms with Gasteiger partial charge in [0.05, 0.1) is 18.8 Å². The van der Waals surface area contributed by atoms with Crippen molar-refractivity contribution in [3.63, 3.8) is 0 Å². The number of carbonyl (C=O) groups excluding carboxylic acids is 2. The SMILES string of the molecule is CCOC(=O)C(C(=O)N1C[C@@H](C)O[C@@H](C)C1)C(C)(C)C. The van der Waals surface area contributed by atoms with Crippen LogP contribution in [0.4, 0.5) is 0 Å². The summed E-state index contributed by atoms with van der Waals surface area (Å²) in [6.07, 6.45) is -0.0176. The molecule has 0 spiro atoms. The predicted octanol–water partition coefficient (Wildman–Crippen LogP) is 1.85. The first-order valence-electron chi connectivity index (χ1n) is 7.27. The normalized spacial score (nSPS) is 25.2. The van der Waals surface area contributed by atoms with Crippen LogP contribution in [0.2, 0.25) is 0 Å². The molecule has 5 heteroatoms. The second-order valence-electron chi connectivity index (χ2n) is 6.55. The molecule has 0 aromatic heterocycles. The van der Waals surface area contributed by atoms with E-state index in [2.05, 4.69) is 0 Å².